The summed E-state index contributed by atoms with van der Waals surface area (Å²) in [4.78, 5) is 11.7. The van der Waals surface area contributed by atoms with Gasteiger partial charge in [0.2, 0.25) is 0 Å². The van der Waals surface area contributed by atoms with Gasteiger partial charge in [-0.2, -0.15) is 5.10 Å². The molecular weight excluding hydrogens is 294 g/mol. The maximum Gasteiger partial charge on any atom is 0.287 e. The summed E-state index contributed by atoms with van der Waals surface area (Å²) < 4.78 is 6.79. The van der Waals surface area contributed by atoms with Crippen molar-refractivity contribution in [3.05, 3.63) is 21.6 Å². The molecule has 0 radical (unpaired) electrons. The molecule has 21 heavy (non-hydrogen) atoms. The Morgan fingerprint density at radius 3 is 2.86 bits per heavy atom. The van der Waals surface area contributed by atoms with Crippen LogP contribution in [-0.4, -0.2) is 39.7 Å². The van der Waals surface area contributed by atoms with E-state index < -0.39 is 5.60 Å². The summed E-state index contributed by atoms with van der Waals surface area (Å²) in [7, 11) is 1.53. The molecule has 2 rings (SSSR count). The molecule has 0 amide bonds. The lowest BCUT2D eigenvalue weighted by Crippen LogP contribution is -2.67. The van der Waals surface area contributed by atoms with Crippen LogP contribution in [0.4, 0.5) is 5.69 Å². The number of rotatable bonds is 5. The molecule has 0 bridgehead atoms. The van der Waals surface area contributed by atoms with Gasteiger partial charge < -0.3 is 15.2 Å². The van der Waals surface area contributed by atoms with Crippen molar-refractivity contribution in [3.8, 4) is 0 Å². The lowest BCUT2D eigenvalue weighted by molar-refractivity contribution is -0.233. The van der Waals surface area contributed by atoms with E-state index in [9.17, 15) is 9.90 Å². The minimum atomic E-state index is -0.906. The molecule has 0 aromatic carbocycles. The predicted molar refractivity (Wildman–Crippen MR) is 81.7 cm³/mol. The molecule has 118 valence electrons. The first-order chi connectivity index (χ1) is 9.73. The third-order valence-corrected chi connectivity index (χ3v) is 4.91. The van der Waals surface area contributed by atoms with Crippen LogP contribution in [-0.2, 0) is 11.8 Å². The molecule has 1 aromatic rings. The number of hydrogen-bond acceptors (Lipinski definition) is 5. The number of nitrogens with zero attached hydrogens (tertiary/aromatic N) is 2. The molecule has 2 atom stereocenters. The number of hydrogen-bond donors (Lipinski definition) is 2. The van der Waals surface area contributed by atoms with Crippen LogP contribution in [0.1, 0.15) is 27.2 Å². The first kappa shape index (κ1) is 16.3. The van der Waals surface area contributed by atoms with Gasteiger partial charge in [0.15, 0.2) is 0 Å². The Labute approximate surface area is 129 Å². The SMILES string of the molecule is CCO[C@H]1C[C@@](O)(CNc2cnn(C)c(=O)c2Cl)C1(C)C. The van der Waals surface area contributed by atoms with Crippen molar-refractivity contribution < 1.29 is 9.84 Å². The van der Waals surface area contributed by atoms with E-state index in [-0.39, 0.29) is 28.6 Å². The van der Waals surface area contributed by atoms with Crippen LogP contribution in [0.2, 0.25) is 5.02 Å². The van der Waals surface area contributed by atoms with Gasteiger partial charge in [-0.1, -0.05) is 25.4 Å². The van der Waals surface area contributed by atoms with E-state index in [0.29, 0.717) is 18.7 Å². The first-order valence-corrected chi connectivity index (χ1v) is 7.40. The van der Waals surface area contributed by atoms with Crippen molar-refractivity contribution in [2.75, 3.05) is 18.5 Å². The Balaban J connectivity index is 2.08. The summed E-state index contributed by atoms with van der Waals surface area (Å²) >= 11 is 6.00. The lowest BCUT2D eigenvalue weighted by atomic mass is 9.56. The number of nitrogens with one attached hydrogen (secondary N) is 1. The van der Waals surface area contributed by atoms with Crippen LogP contribution < -0.4 is 10.9 Å². The van der Waals surface area contributed by atoms with E-state index in [1.807, 2.05) is 20.8 Å². The Kier molecular flexibility index (Phi) is 4.33. The lowest BCUT2D eigenvalue weighted by Gasteiger charge is -2.58. The van der Waals surface area contributed by atoms with Crippen molar-refractivity contribution in [2.45, 2.75) is 38.9 Å². The zero-order valence-corrected chi connectivity index (χ0v) is 13.6. The number of halogens is 1. The summed E-state index contributed by atoms with van der Waals surface area (Å²) in [5.41, 5.74) is -1.20. The second-order valence-corrected chi connectivity index (χ2v) is 6.43. The minimum Gasteiger partial charge on any atom is -0.387 e. The Bertz CT molecular complexity index is 587. The second-order valence-electron chi connectivity index (χ2n) is 6.06. The molecule has 1 heterocycles. The average Bonchev–Trinajstić information content (AvgIpc) is 2.44. The zero-order valence-electron chi connectivity index (χ0n) is 12.8. The number of aryl methyl sites for hydroxylation is 1. The summed E-state index contributed by atoms with van der Waals surface area (Å²) in [5.74, 6) is 0. The van der Waals surface area contributed by atoms with Gasteiger partial charge in [-0.25, -0.2) is 4.68 Å². The Morgan fingerprint density at radius 2 is 2.29 bits per heavy atom. The molecule has 0 aliphatic heterocycles. The fourth-order valence-corrected chi connectivity index (χ4v) is 2.88. The second kappa shape index (κ2) is 5.59. The summed E-state index contributed by atoms with van der Waals surface area (Å²) in [6.07, 6.45) is 2.07. The van der Waals surface area contributed by atoms with Crippen molar-refractivity contribution in [3.63, 3.8) is 0 Å². The smallest absolute Gasteiger partial charge is 0.287 e. The third kappa shape index (κ3) is 2.67. The molecule has 6 nitrogen and oxygen atoms in total. The highest BCUT2D eigenvalue weighted by Crippen LogP contribution is 2.51. The third-order valence-electron chi connectivity index (χ3n) is 4.54. The summed E-state index contributed by atoms with van der Waals surface area (Å²) in [6, 6.07) is 0. The largest absolute Gasteiger partial charge is 0.387 e. The molecule has 0 saturated heterocycles. The van der Waals surface area contributed by atoms with Crippen molar-refractivity contribution in [1.82, 2.24) is 9.78 Å². The summed E-state index contributed by atoms with van der Waals surface area (Å²) in [6.45, 7) is 6.81. The molecule has 1 aliphatic rings. The van der Waals surface area contributed by atoms with Crippen LogP contribution in [0.15, 0.2) is 11.0 Å². The van der Waals surface area contributed by atoms with E-state index >= 15 is 0 Å². The van der Waals surface area contributed by atoms with Crippen LogP contribution in [0.3, 0.4) is 0 Å². The van der Waals surface area contributed by atoms with Gasteiger partial charge >= 0.3 is 0 Å². The van der Waals surface area contributed by atoms with Gasteiger partial charge in [0.25, 0.3) is 5.56 Å². The molecule has 1 fully saturated rings. The van der Waals surface area contributed by atoms with E-state index in [0.717, 1.165) is 0 Å². The fraction of sp³-hybridized carbons (Fsp3) is 0.714. The molecule has 1 saturated carbocycles. The number of ether oxygens (including phenoxy) is 1. The van der Waals surface area contributed by atoms with E-state index in [1.165, 1.54) is 17.9 Å². The maximum atomic E-state index is 11.7. The fourth-order valence-electron chi connectivity index (χ4n) is 2.64. The van der Waals surface area contributed by atoms with Crippen molar-refractivity contribution >= 4 is 17.3 Å². The van der Waals surface area contributed by atoms with Crippen molar-refractivity contribution in [2.24, 2.45) is 12.5 Å². The minimum absolute atomic E-state index is 0.0338. The molecule has 2 N–H and O–H groups in total. The molecule has 0 spiro atoms. The van der Waals surface area contributed by atoms with Crippen molar-refractivity contribution in [1.29, 1.82) is 0 Å². The highest BCUT2D eigenvalue weighted by atomic mass is 35.5. The predicted octanol–water partition coefficient (Wildman–Crippen LogP) is 1.41. The van der Waals surface area contributed by atoms with E-state index in [1.54, 1.807) is 0 Å². The normalized spacial score (nSPS) is 27.2. The average molecular weight is 316 g/mol. The van der Waals surface area contributed by atoms with Crippen LogP contribution in [0.5, 0.6) is 0 Å². The Hall–Kier alpha value is -1.11. The van der Waals surface area contributed by atoms with Crippen LogP contribution in [0, 0.1) is 5.41 Å². The van der Waals surface area contributed by atoms with Gasteiger partial charge in [0.05, 0.1) is 23.6 Å². The molecule has 1 aliphatic carbocycles. The van der Waals surface area contributed by atoms with Crippen LogP contribution >= 0.6 is 11.6 Å². The molecule has 1 aromatic heterocycles. The quantitative estimate of drug-likeness (QED) is 0.859. The highest BCUT2D eigenvalue weighted by Gasteiger charge is 2.59. The van der Waals surface area contributed by atoms with Gasteiger partial charge in [-0.05, 0) is 6.92 Å². The number of anilines is 1. The van der Waals surface area contributed by atoms with Gasteiger partial charge in [-0.3, -0.25) is 4.79 Å². The first-order valence-electron chi connectivity index (χ1n) is 7.02. The molecular formula is C14H22ClN3O3. The van der Waals surface area contributed by atoms with E-state index in [2.05, 4.69) is 10.4 Å². The van der Waals surface area contributed by atoms with Gasteiger partial charge in [0, 0.05) is 32.0 Å². The van der Waals surface area contributed by atoms with Gasteiger partial charge in [0.1, 0.15) is 5.02 Å². The molecule has 7 heteroatoms. The highest BCUT2D eigenvalue weighted by molar-refractivity contribution is 6.32. The van der Waals surface area contributed by atoms with E-state index in [4.69, 9.17) is 16.3 Å². The summed E-state index contributed by atoms with van der Waals surface area (Å²) in [5, 5.41) is 17.7. The van der Waals surface area contributed by atoms with Crippen LogP contribution in [0.25, 0.3) is 0 Å². The molecule has 0 unspecified atom stereocenters. The topological polar surface area (TPSA) is 76.4 Å². The monoisotopic (exact) mass is 315 g/mol. The van der Waals surface area contributed by atoms with Gasteiger partial charge in [-0.15, -0.1) is 0 Å². The zero-order chi connectivity index (χ0) is 15.8. The number of aromatic nitrogens is 2. The standard InChI is InChI=1S/C14H22ClN3O3/c1-5-21-10-6-14(20,13(10,2)3)8-16-9-7-17-18(4)12(19)11(9)15/h7,10,16,20H,5-6,8H2,1-4H3/t10-,14+/m0/s1. The Morgan fingerprint density at radius 1 is 1.62 bits per heavy atom. The maximum absolute atomic E-state index is 11.7. The number of aliphatic hydroxyl groups is 1.